The second kappa shape index (κ2) is 7.02. The first-order valence-electron chi connectivity index (χ1n) is 8.04. The molecule has 1 aromatic carbocycles. The predicted octanol–water partition coefficient (Wildman–Crippen LogP) is 0.157. The number of benzene rings is 1. The third-order valence-corrected chi connectivity index (χ3v) is 4.24. The summed E-state index contributed by atoms with van der Waals surface area (Å²) < 4.78 is 14.6. The lowest BCUT2D eigenvalue weighted by molar-refractivity contribution is -0.129. The summed E-state index contributed by atoms with van der Waals surface area (Å²) in [6.07, 6.45) is 0. The maximum Gasteiger partial charge on any atom is 0.328 e. The van der Waals surface area contributed by atoms with Crippen molar-refractivity contribution in [3.8, 4) is 0 Å². The smallest absolute Gasteiger partial charge is 0.328 e. The van der Waals surface area contributed by atoms with Gasteiger partial charge in [0, 0.05) is 37.9 Å². The van der Waals surface area contributed by atoms with Crippen LogP contribution in [0, 0.1) is 12.7 Å². The van der Waals surface area contributed by atoms with Gasteiger partial charge in [0.25, 0.3) is 5.56 Å². The van der Waals surface area contributed by atoms with Crippen molar-refractivity contribution in [3.63, 3.8) is 0 Å². The number of amides is 1. The van der Waals surface area contributed by atoms with Crippen LogP contribution in [0.4, 0.5) is 4.39 Å². The van der Waals surface area contributed by atoms with E-state index in [-0.39, 0.29) is 18.0 Å². The number of rotatable bonds is 4. The Labute approximate surface area is 143 Å². The molecule has 1 amide bonds. The second-order valence-electron chi connectivity index (χ2n) is 6.03. The summed E-state index contributed by atoms with van der Waals surface area (Å²) in [6.45, 7) is 3.12. The molecule has 1 aromatic heterocycles. The van der Waals surface area contributed by atoms with Crippen LogP contribution < -0.4 is 16.6 Å². The molecule has 1 unspecified atom stereocenters. The fourth-order valence-corrected chi connectivity index (χ4v) is 3.07. The molecular formula is C17H19FN4O3. The van der Waals surface area contributed by atoms with Crippen LogP contribution in [0.25, 0.3) is 0 Å². The Morgan fingerprint density at radius 2 is 2.00 bits per heavy atom. The highest BCUT2D eigenvalue weighted by molar-refractivity contribution is 5.83. The van der Waals surface area contributed by atoms with Gasteiger partial charge in [0.2, 0.25) is 5.91 Å². The van der Waals surface area contributed by atoms with Gasteiger partial charge in [-0.25, -0.2) is 9.18 Å². The van der Waals surface area contributed by atoms with Crippen molar-refractivity contribution in [2.75, 3.05) is 19.6 Å². The number of H-pyrrole nitrogens is 1. The summed E-state index contributed by atoms with van der Waals surface area (Å²) in [7, 11) is 0. The fraction of sp³-hybridized carbons (Fsp3) is 0.353. The number of aromatic nitrogens is 2. The zero-order chi connectivity index (χ0) is 18.0. The first-order chi connectivity index (χ1) is 12.0. The number of nitrogens with zero attached hydrogens (tertiary/aromatic N) is 2. The van der Waals surface area contributed by atoms with Crippen molar-refractivity contribution in [2.24, 2.45) is 0 Å². The normalized spacial score (nSPS) is 18.2. The van der Waals surface area contributed by atoms with Crippen molar-refractivity contribution >= 4 is 5.91 Å². The Morgan fingerprint density at radius 3 is 2.72 bits per heavy atom. The standard InChI is InChI=1S/C17H19FN4O3/c1-11-9-14(23)22(17(25)20-11)8-7-21-6-5-19-16(24)15(21)12-3-2-4-13(18)10-12/h2-4,9-10,15H,5-8H2,1H3,(H,19,24)(H,20,25). The van der Waals surface area contributed by atoms with Crippen LogP contribution in [0.1, 0.15) is 17.3 Å². The average Bonchev–Trinajstić information content (AvgIpc) is 2.54. The highest BCUT2D eigenvalue weighted by Crippen LogP contribution is 2.23. The molecular weight excluding hydrogens is 327 g/mol. The molecule has 0 bridgehead atoms. The summed E-state index contributed by atoms with van der Waals surface area (Å²) in [5, 5.41) is 2.77. The van der Waals surface area contributed by atoms with Crippen LogP contribution >= 0.6 is 0 Å². The monoisotopic (exact) mass is 346 g/mol. The minimum Gasteiger partial charge on any atom is -0.353 e. The first kappa shape index (κ1) is 17.1. The molecule has 0 saturated carbocycles. The largest absolute Gasteiger partial charge is 0.353 e. The second-order valence-corrected chi connectivity index (χ2v) is 6.03. The fourth-order valence-electron chi connectivity index (χ4n) is 3.07. The lowest BCUT2D eigenvalue weighted by Gasteiger charge is -2.35. The van der Waals surface area contributed by atoms with Crippen LogP contribution in [0.2, 0.25) is 0 Å². The lowest BCUT2D eigenvalue weighted by Crippen LogP contribution is -2.51. The maximum absolute atomic E-state index is 13.5. The molecule has 2 N–H and O–H groups in total. The molecule has 1 aliphatic rings. The minimum absolute atomic E-state index is 0.146. The van der Waals surface area contributed by atoms with E-state index in [4.69, 9.17) is 0 Å². The molecule has 2 aromatic rings. The summed E-state index contributed by atoms with van der Waals surface area (Å²) in [6, 6.07) is 6.60. The van der Waals surface area contributed by atoms with Crippen molar-refractivity contribution in [1.29, 1.82) is 0 Å². The lowest BCUT2D eigenvalue weighted by atomic mass is 10.0. The molecule has 0 radical (unpaired) electrons. The van der Waals surface area contributed by atoms with Gasteiger partial charge in [-0.3, -0.25) is 19.1 Å². The number of hydrogen-bond donors (Lipinski definition) is 2. The number of aromatic amines is 1. The van der Waals surface area contributed by atoms with Crippen molar-refractivity contribution in [1.82, 2.24) is 19.8 Å². The minimum atomic E-state index is -0.648. The van der Waals surface area contributed by atoms with Crippen LogP contribution in [0.3, 0.4) is 0 Å². The Kier molecular flexibility index (Phi) is 4.80. The SMILES string of the molecule is Cc1cc(=O)n(CCN2CCNC(=O)C2c2cccc(F)c2)c(=O)[nH]1. The van der Waals surface area contributed by atoms with E-state index >= 15 is 0 Å². The van der Waals surface area contributed by atoms with E-state index in [1.807, 2.05) is 4.90 Å². The zero-order valence-electron chi connectivity index (χ0n) is 13.8. The molecule has 1 fully saturated rings. The number of piperazine rings is 1. The van der Waals surface area contributed by atoms with E-state index in [0.717, 1.165) is 4.57 Å². The van der Waals surface area contributed by atoms with Gasteiger partial charge in [0.1, 0.15) is 11.9 Å². The third-order valence-electron chi connectivity index (χ3n) is 4.24. The van der Waals surface area contributed by atoms with Crippen molar-refractivity contribution < 1.29 is 9.18 Å². The van der Waals surface area contributed by atoms with Crippen LogP contribution in [-0.2, 0) is 11.3 Å². The number of halogens is 1. The number of aryl methyl sites for hydroxylation is 1. The van der Waals surface area contributed by atoms with E-state index in [9.17, 15) is 18.8 Å². The average molecular weight is 346 g/mol. The molecule has 132 valence electrons. The van der Waals surface area contributed by atoms with E-state index in [1.165, 1.54) is 18.2 Å². The first-order valence-corrected chi connectivity index (χ1v) is 8.04. The molecule has 1 saturated heterocycles. The van der Waals surface area contributed by atoms with Gasteiger partial charge in [0.15, 0.2) is 0 Å². The van der Waals surface area contributed by atoms with Gasteiger partial charge in [-0.1, -0.05) is 12.1 Å². The topological polar surface area (TPSA) is 87.2 Å². The zero-order valence-corrected chi connectivity index (χ0v) is 13.8. The summed E-state index contributed by atoms with van der Waals surface area (Å²) >= 11 is 0. The Bertz CT molecular complexity index is 874. The molecule has 0 spiro atoms. The highest BCUT2D eigenvalue weighted by Gasteiger charge is 2.31. The van der Waals surface area contributed by atoms with Gasteiger partial charge in [0.05, 0.1) is 0 Å². The summed E-state index contributed by atoms with van der Waals surface area (Å²) in [5.41, 5.74) is 0.183. The number of hydrogen-bond acceptors (Lipinski definition) is 4. The van der Waals surface area contributed by atoms with Crippen LogP contribution in [0.15, 0.2) is 39.9 Å². The molecule has 8 heteroatoms. The van der Waals surface area contributed by atoms with Gasteiger partial charge in [-0.15, -0.1) is 0 Å². The molecule has 25 heavy (non-hydrogen) atoms. The number of nitrogens with one attached hydrogen (secondary N) is 2. The molecule has 3 rings (SSSR count). The molecule has 1 atom stereocenters. The van der Waals surface area contributed by atoms with Crippen molar-refractivity contribution in [2.45, 2.75) is 19.5 Å². The summed E-state index contributed by atoms with van der Waals surface area (Å²) in [5.74, 6) is -0.635. The maximum atomic E-state index is 13.5. The predicted molar refractivity (Wildman–Crippen MR) is 89.8 cm³/mol. The van der Waals surface area contributed by atoms with Gasteiger partial charge >= 0.3 is 5.69 Å². The molecule has 2 heterocycles. The highest BCUT2D eigenvalue weighted by atomic mass is 19.1. The number of carbonyl (C=O) groups is 1. The van der Waals surface area contributed by atoms with E-state index in [2.05, 4.69) is 10.3 Å². The molecule has 1 aliphatic heterocycles. The summed E-state index contributed by atoms with van der Waals surface area (Å²) in [4.78, 5) is 40.7. The van der Waals surface area contributed by atoms with Crippen molar-refractivity contribution in [3.05, 3.63) is 68.2 Å². The number of carbonyl (C=O) groups excluding carboxylic acids is 1. The Balaban J connectivity index is 1.84. The van der Waals surface area contributed by atoms with E-state index in [1.54, 1.807) is 19.1 Å². The third kappa shape index (κ3) is 3.69. The molecule has 7 nitrogen and oxygen atoms in total. The Hall–Kier alpha value is -2.74. The van der Waals surface area contributed by atoms with Gasteiger partial charge < -0.3 is 10.3 Å². The van der Waals surface area contributed by atoms with Gasteiger partial charge in [-0.05, 0) is 24.6 Å². The van der Waals surface area contributed by atoms with Crippen LogP contribution in [0.5, 0.6) is 0 Å². The van der Waals surface area contributed by atoms with Crippen LogP contribution in [-0.4, -0.2) is 40.0 Å². The molecule has 0 aliphatic carbocycles. The van der Waals surface area contributed by atoms with E-state index < -0.39 is 17.5 Å². The Morgan fingerprint density at radius 1 is 1.20 bits per heavy atom. The van der Waals surface area contributed by atoms with E-state index in [0.29, 0.717) is 30.9 Å². The quantitative estimate of drug-likeness (QED) is 0.825. The van der Waals surface area contributed by atoms with Gasteiger partial charge in [-0.2, -0.15) is 0 Å².